The Morgan fingerprint density at radius 1 is 0.424 bits per heavy atom. The molecule has 0 spiro atoms. The lowest BCUT2D eigenvalue weighted by molar-refractivity contribution is -0.389. The number of nitrogen functional groups attached to an aromatic ring is 1. The van der Waals surface area contributed by atoms with Gasteiger partial charge in [-0.3, -0.25) is 33.9 Å². The Morgan fingerprint density at radius 3 is 1.09 bits per heavy atom. The number of nitro groups is 2. The summed E-state index contributed by atoms with van der Waals surface area (Å²) in [4.78, 5) is 140. The van der Waals surface area contributed by atoms with E-state index >= 15 is 0 Å². The zero-order valence-corrected chi connectivity index (χ0v) is 74.2. The van der Waals surface area contributed by atoms with Gasteiger partial charge in [-0.05, 0) is 122 Å². The number of carboxylic acid groups (broad SMARTS) is 2. The van der Waals surface area contributed by atoms with E-state index in [1.807, 2.05) is 126 Å². The fraction of sp³-hybridized carbons (Fsp3) is 0.217. The number of methoxy groups -OCH3 is 1. The van der Waals surface area contributed by atoms with Crippen LogP contribution in [0.2, 0.25) is 5.02 Å². The standard InChI is InChI=1S/C25H21ClFN5O3.C19H18N4O4.C18H16N4O4.C13H12N4O4.C13H14N4O2.C4H3N3O4/c1-13-8-19(24(34)28-12-14-6-7-18(27)17(26)9-14)29-22-11-20(31-32(13)22)25(35)30-23-16-5-3-2-4-15(16)10-21(23)33;1-10-7-14(19(26)27-2)20-16-9-13(22-23(10)16)18(25)21-17-12-6-4-3-5-11(12)8-15(17)24;1-9-6-13(18(25)26)19-15-8-12(21-22(9)15)17(24)20-16-11-5-3-2-4-10(11)7-14(16)23;18-10-5-7-3-1-2-4-8(7)12(10)14-13(19)9-6-11(16-15-9)17(20)21;14-11-6-9(16-17-11)13(19)15-12-8-4-2-1-3-7(8)5-10(12)18;8-4(9)2-1-3(6-5-2)7(10)11/h2-9,11,21,23,33H,10,12H2,1H3,(H,28,34)(H,30,35);3-7,9,15,17,24H,8H2,1-2H3,(H,21,25);2-6,8,14,16,23H,7H2,1H3,(H,20,24)(H,25,26);1-4,6,10,12,18H,5H2,(H,14,19)(H,15,16);1-4,6,10,12,18H,5H2,(H,15,19)(H3,14,16,17);1H,(H,5,6)(H,8,9). The average molecular weight is 1920 g/mol. The third-order valence-electron chi connectivity index (χ3n) is 23.1. The Labute approximate surface area is 787 Å². The first-order chi connectivity index (χ1) is 66.5. The first-order valence-electron chi connectivity index (χ1n) is 42.5. The fourth-order valence-electron chi connectivity index (χ4n) is 16.4. The zero-order chi connectivity index (χ0) is 99.1. The normalized spacial score (nSPS) is 17.9. The summed E-state index contributed by atoms with van der Waals surface area (Å²) in [5.41, 5.74) is 18.8. The van der Waals surface area contributed by atoms with E-state index < -0.39 is 130 Å². The number of H-pyrrole nitrogens is 3. The van der Waals surface area contributed by atoms with Crippen molar-refractivity contribution in [3.8, 4) is 0 Å². The number of aromatic nitrogens is 15. The van der Waals surface area contributed by atoms with Crippen molar-refractivity contribution < 1.29 is 97.9 Å². The molecule has 6 aromatic carbocycles. The van der Waals surface area contributed by atoms with Gasteiger partial charge in [-0.15, -0.1) is 10.2 Å². The minimum Gasteiger partial charge on any atom is -0.477 e. The molecule has 20 rings (SSSR count). The number of rotatable bonds is 18. The third-order valence-corrected chi connectivity index (χ3v) is 23.4. The molecule has 18 N–H and O–H groups in total. The number of amides is 6. The van der Waals surface area contributed by atoms with Gasteiger partial charge in [-0.1, -0.05) is 149 Å². The Bertz CT molecular complexity index is 7310. The number of nitrogens with zero attached hydrogens (tertiary/aromatic N) is 14. The number of benzene rings is 6. The van der Waals surface area contributed by atoms with Crippen LogP contribution >= 0.6 is 11.6 Å². The van der Waals surface area contributed by atoms with Crippen molar-refractivity contribution in [2.75, 3.05) is 12.8 Å². The summed E-state index contributed by atoms with van der Waals surface area (Å²) in [5.74, 6) is -6.70. The van der Waals surface area contributed by atoms with E-state index in [4.69, 9.17) is 32.3 Å². The summed E-state index contributed by atoms with van der Waals surface area (Å²) >= 11 is 5.79. The molecule has 6 amide bonds. The molecule has 47 heteroatoms. The summed E-state index contributed by atoms with van der Waals surface area (Å²) in [7, 11) is 1.28. The summed E-state index contributed by atoms with van der Waals surface area (Å²) in [6.07, 6.45) is -0.990. The predicted octanol–water partition coefficient (Wildman–Crippen LogP) is 6.59. The molecule has 0 saturated heterocycles. The fourth-order valence-corrected chi connectivity index (χ4v) is 16.6. The van der Waals surface area contributed by atoms with Crippen LogP contribution < -0.4 is 37.6 Å². The first-order valence-corrected chi connectivity index (χ1v) is 42.8. The van der Waals surface area contributed by atoms with Gasteiger partial charge in [0.15, 0.2) is 56.8 Å². The second kappa shape index (κ2) is 41.2. The highest BCUT2D eigenvalue weighted by Crippen LogP contribution is 2.37. The van der Waals surface area contributed by atoms with Gasteiger partial charge in [-0.2, -0.15) is 20.4 Å². The van der Waals surface area contributed by atoms with Crippen molar-refractivity contribution in [2.24, 2.45) is 0 Å². The molecular formula is C92H84ClFN24O21. The van der Waals surface area contributed by atoms with Gasteiger partial charge in [0.2, 0.25) is 0 Å². The lowest BCUT2D eigenvalue weighted by atomic mass is 10.1. The summed E-state index contributed by atoms with van der Waals surface area (Å²) < 4.78 is 22.4. The molecule has 45 nitrogen and oxygen atoms in total. The number of aromatic carboxylic acids is 2. The van der Waals surface area contributed by atoms with Gasteiger partial charge in [-0.25, -0.2) is 47.3 Å². The molecule has 10 unspecified atom stereocenters. The van der Waals surface area contributed by atoms with Gasteiger partial charge >= 0.3 is 29.5 Å². The number of nitrogens with one attached hydrogen (secondary N) is 9. The van der Waals surface area contributed by atoms with E-state index in [1.165, 1.54) is 69.2 Å². The van der Waals surface area contributed by atoms with Crippen LogP contribution in [0.5, 0.6) is 0 Å². The van der Waals surface area contributed by atoms with Crippen molar-refractivity contribution in [3.63, 3.8) is 0 Å². The van der Waals surface area contributed by atoms with Crippen LogP contribution in [0.1, 0.15) is 203 Å². The van der Waals surface area contributed by atoms with E-state index in [9.17, 15) is 93.3 Å². The van der Waals surface area contributed by atoms with Crippen LogP contribution in [-0.2, 0) is 43.4 Å². The van der Waals surface area contributed by atoms with Gasteiger partial charge in [0.05, 0.1) is 85.0 Å². The molecular weight excluding hydrogens is 1830 g/mol. The largest absolute Gasteiger partial charge is 0.477 e. The quantitative estimate of drug-likeness (QED) is 0.0245. The van der Waals surface area contributed by atoms with E-state index in [0.717, 1.165) is 67.8 Å². The molecule has 712 valence electrons. The first kappa shape index (κ1) is 96.2. The Hall–Kier alpha value is -17.3. The molecule has 9 heterocycles. The number of fused-ring (bicyclic) bond motifs is 8. The molecule has 0 radical (unpaired) electrons. The number of aliphatic hydroxyl groups is 5. The Balaban J connectivity index is 0.000000130. The molecule has 0 aliphatic heterocycles. The Morgan fingerprint density at radius 2 is 0.755 bits per heavy atom. The topological polar surface area (TPSA) is 666 Å². The van der Waals surface area contributed by atoms with Crippen molar-refractivity contribution in [3.05, 3.63) is 355 Å². The highest BCUT2D eigenvalue weighted by atomic mass is 35.5. The number of ether oxygens (including phenoxy) is 1. The van der Waals surface area contributed by atoms with Crippen molar-refractivity contribution >= 4 is 99.3 Å². The number of nitrogens with two attached hydrogens (primary N) is 1. The molecule has 0 bridgehead atoms. The summed E-state index contributed by atoms with van der Waals surface area (Å²) in [6.45, 7) is 5.33. The van der Waals surface area contributed by atoms with Crippen molar-refractivity contribution in [2.45, 2.75) is 120 Å². The molecule has 139 heavy (non-hydrogen) atoms. The zero-order valence-electron chi connectivity index (χ0n) is 73.4. The molecule has 10 atom stereocenters. The van der Waals surface area contributed by atoms with Gasteiger partial charge in [0, 0.05) is 80.0 Å². The van der Waals surface area contributed by atoms with Gasteiger partial charge in [0.1, 0.15) is 23.0 Å². The molecule has 0 saturated carbocycles. The number of carboxylic acids is 2. The van der Waals surface area contributed by atoms with E-state index in [-0.39, 0.29) is 86.0 Å². The number of carbonyl (C=O) groups is 9. The maximum absolute atomic E-state index is 13.3. The minimum absolute atomic E-state index is 0.0224. The van der Waals surface area contributed by atoms with Crippen molar-refractivity contribution in [1.82, 2.24) is 106 Å². The number of hydrogen-bond donors (Lipinski definition) is 17. The third kappa shape index (κ3) is 21.6. The average Bonchev–Trinajstić information content (AvgIpc) is 1.65. The summed E-state index contributed by atoms with van der Waals surface area (Å²) in [5, 5.41) is 136. The van der Waals surface area contributed by atoms with E-state index in [0.29, 0.717) is 66.0 Å². The lowest BCUT2D eigenvalue weighted by Crippen LogP contribution is -2.34. The maximum Gasteiger partial charge on any atom is 0.358 e. The molecule has 0 fully saturated rings. The number of hydrogen-bond acceptors (Lipinski definition) is 29. The van der Waals surface area contributed by atoms with E-state index in [2.05, 4.69) is 87.6 Å². The molecule has 9 aromatic heterocycles. The number of esters is 1. The van der Waals surface area contributed by atoms with Crippen LogP contribution in [0.15, 0.2) is 194 Å². The number of aryl methyl sites for hydroxylation is 3. The highest BCUT2D eigenvalue weighted by molar-refractivity contribution is 6.30. The number of anilines is 1. The number of aromatic amines is 3. The second-order valence-corrected chi connectivity index (χ2v) is 32.8. The number of aliphatic hydroxyl groups excluding tert-OH is 5. The molecule has 15 aromatic rings. The SMILES string of the molecule is COC(=O)c1cc(C)n2nc(C(=O)NC3c4ccccc4CC3O)cc2n1.Cc1cc(C(=O)NCc2ccc(F)c(Cl)c2)nc2cc(C(=O)NC3c4ccccc4CC3O)nn12.Cc1cc(C(=O)O)nc2cc(C(=O)NC3c4ccccc4CC3O)nn12.Nc1cc(C(=O)NC2c3ccccc3CC2O)[nH]n1.O=C(NC1c2ccccc2CC1O)c1cc([N+](=O)[O-])[nH]n1.O=C(O)c1cc([N+](=O)[O-])[nH]n1. The lowest BCUT2D eigenvalue weighted by Gasteiger charge is -2.17. The predicted molar refractivity (Wildman–Crippen MR) is 486 cm³/mol. The monoisotopic (exact) mass is 1910 g/mol. The Kier molecular flexibility index (Phi) is 28.6. The van der Waals surface area contributed by atoms with Crippen LogP contribution in [0.25, 0.3) is 16.9 Å². The summed E-state index contributed by atoms with van der Waals surface area (Å²) in [6, 6.07) is 51.9. The van der Waals surface area contributed by atoms with Gasteiger partial charge < -0.3 is 98.3 Å². The number of carbonyl (C=O) groups excluding carboxylic acids is 7. The van der Waals surface area contributed by atoms with Crippen LogP contribution in [0.3, 0.4) is 0 Å². The van der Waals surface area contributed by atoms with Crippen LogP contribution in [-0.4, -0.2) is 211 Å². The van der Waals surface area contributed by atoms with Crippen LogP contribution in [0, 0.1) is 46.8 Å². The van der Waals surface area contributed by atoms with Gasteiger partial charge in [0.25, 0.3) is 35.4 Å². The smallest absolute Gasteiger partial charge is 0.358 e. The molecule has 5 aliphatic carbocycles. The number of halogens is 2. The van der Waals surface area contributed by atoms with E-state index in [1.54, 1.807) is 32.9 Å². The minimum atomic E-state index is -1.30. The highest BCUT2D eigenvalue weighted by Gasteiger charge is 2.39. The second-order valence-electron chi connectivity index (χ2n) is 32.4. The van der Waals surface area contributed by atoms with Crippen LogP contribution in [0.4, 0.5) is 21.8 Å². The van der Waals surface area contributed by atoms with Crippen molar-refractivity contribution in [1.29, 1.82) is 0 Å². The maximum atomic E-state index is 13.3. The molecule has 5 aliphatic rings.